The quantitative estimate of drug-likeness (QED) is 0.152. The van der Waals surface area contributed by atoms with Crippen molar-refractivity contribution >= 4 is 56.0 Å². The molecule has 2 N–H and O–H groups in total. The second-order valence-corrected chi connectivity index (χ2v) is 15.7. The molecule has 0 bridgehead atoms. The molecule has 1 aromatic heterocycles. The van der Waals surface area contributed by atoms with Crippen LogP contribution in [0.25, 0.3) is 11.0 Å². The van der Waals surface area contributed by atoms with E-state index in [1.165, 1.54) is 22.5 Å². The number of rotatable bonds is 10. The number of carbonyl (C=O) groups excluding carboxylic acids is 2. The Labute approximate surface area is 308 Å². The van der Waals surface area contributed by atoms with E-state index >= 15 is 0 Å². The van der Waals surface area contributed by atoms with Crippen molar-refractivity contribution in [1.82, 2.24) is 4.90 Å². The molecule has 12 nitrogen and oxygen atoms in total. The fraction of sp³-hybridized carbons (Fsp3) is 0.275. The average Bonchev–Trinajstić information content (AvgIpc) is 3.47. The molecular formula is C40H42N4O8S. The number of hydrogen-bond acceptors (Lipinski definition) is 8. The number of aryl methyl sites for hydroxylation is 1. The fourth-order valence-electron chi connectivity index (χ4n) is 6.33. The zero-order valence-electron chi connectivity index (χ0n) is 30.0. The number of amides is 2. The molecule has 1 fully saturated rings. The number of sulfonamides is 1. The number of furan rings is 1. The lowest BCUT2D eigenvalue weighted by Crippen LogP contribution is -2.49. The van der Waals surface area contributed by atoms with Crippen molar-refractivity contribution in [1.29, 1.82) is 0 Å². The van der Waals surface area contributed by atoms with Crippen LogP contribution in [0.1, 0.15) is 52.8 Å². The maximum atomic E-state index is 14.6. The summed E-state index contributed by atoms with van der Waals surface area (Å²) >= 11 is 0. The Hall–Kier alpha value is -5.82. The number of hydrogen-bond donors (Lipinski definition) is 2. The van der Waals surface area contributed by atoms with Gasteiger partial charge >= 0.3 is 12.1 Å². The van der Waals surface area contributed by atoms with Crippen molar-refractivity contribution in [3.05, 3.63) is 120 Å². The van der Waals surface area contributed by atoms with Crippen molar-refractivity contribution in [2.75, 3.05) is 47.2 Å². The molecule has 2 heterocycles. The molecule has 0 atom stereocenters. The SMILES string of the molecule is Cc1c(C(=O)O)oc2ccc(S(=O)(=O)N(CCc3ccccc3)c3ccccc3N3CCN(C(=O)c4ccc(NC(=O)OC(C)(C)C)cc4)CC3)cc12. The predicted octanol–water partition coefficient (Wildman–Crippen LogP) is 7.19. The molecule has 0 radical (unpaired) electrons. The average molecular weight is 739 g/mol. The predicted molar refractivity (Wildman–Crippen MR) is 203 cm³/mol. The van der Waals surface area contributed by atoms with Gasteiger partial charge in [-0.1, -0.05) is 42.5 Å². The van der Waals surface area contributed by atoms with E-state index in [4.69, 9.17) is 9.15 Å². The second kappa shape index (κ2) is 15.0. The molecule has 4 aromatic carbocycles. The summed E-state index contributed by atoms with van der Waals surface area (Å²) in [5.41, 5.74) is 3.16. The summed E-state index contributed by atoms with van der Waals surface area (Å²) in [6.45, 7) is 8.82. The van der Waals surface area contributed by atoms with Crippen molar-refractivity contribution in [3.63, 3.8) is 0 Å². The van der Waals surface area contributed by atoms with Gasteiger partial charge in [-0.05, 0) is 94.3 Å². The van der Waals surface area contributed by atoms with Gasteiger partial charge in [-0.2, -0.15) is 0 Å². The van der Waals surface area contributed by atoms with E-state index in [0.29, 0.717) is 66.2 Å². The highest BCUT2D eigenvalue weighted by atomic mass is 32.2. The van der Waals surface area contributed by atoms with Gasteiger partial charge in [0.25, 0.3) is 15.9 Å². The van der Waals surface area contributed by atoms with Gasteiger partial charge in [0.15, 0.2) is 0 Å². The first-order chi connectivity index (χ1) is 25.2. The Morgan fingerprint density at radius 2 is 1.55 bits per heavy atom. The number of nitrogens with zero attached hydrogens (tertiary/aromatic N) is 3. The molecule has 0 spiro atoms. The minimum absolute atomic E-state index is 0.0106. The molecule has 2 amide bonds. The summed E-state index contributed by atoms with van der Waals surface area (Å²) < 4.78 is 41.4. The third-order valence-corrected chi connectivity index (χ3v) is 10.8. The van der Waals surface area contributed by atoms with Gasteiger partial charge in [-0.3, -0.25) is 14.4 Å². The van der Waals surface area contributed by atoms with Gasteiger partial charge in [0.2, 0.25) is 5.76 Å². The van der Waals surface area contributed by atoms with E-state index in [0.717, 1.165) is 5.56 Å². The van der Waals surface area contributed by atoms with Crippen LogP contribution in [0.2, 0.25) is 0 Å². The summed E-state index contributed by atoms with van der Waals surface area (Å²) in [4.78, 5) is 41.2. The lowest BCUT2D eigenvalue weighted by molar-refractivity contribution is 0.0632. The molecule has 13 heteroatoms. The van der Waals surface area contributed by atoms with Gasteiger partial charge in [-0.15, -0.1) is 0 Å². The Morgan fingerprint density at radius 3 is 2.21 bits per heavy atom. The van der Waals surface area contributed by atoms with Gasteiger partial charge in [-0.25, -0.2) is 18.0 Å². The van der Waals surface area contributed by atoms with Gasteiger partial charge < -0.3 is 24.1 Å². The molecule has 1 saturated heterocycles. The highest BCUT2D eigenvalue weighted by Gasteiger charge is 2.31. The maximum absolute atomic E-state index is 14.6. The maximum Gasteiger partial charge on any atom is 0.412 e. The summed E-state index contributed by atoms with van der Waals surface area (Å²) in [5, 5.41) is 12.7. The first kappa shape index (κ1) is 37.0. The number of carbonyl (C=O) groups is 3. The summed E-state index contributed by atoms with van der Waals surface area (Å²) in [5.74, 6) is -1.61. The van der Waals surface area contributed by atoms with E-state index < -0.39 is 27.7 Å². The molecule has 0 saturated carbocycles. The Balaban J connectivity index is 1.23. The molecule has 1 aliphatic rings. The van der Waals surface area contributed by atoms with E-state index in [9.17, 15) is 27.9 Å². The summed E-state index contributed by atoms with van der Waals surface area (Å²) in [7, 11) is -4.17. The lowest BCUT2D eigenvalue weighted by Gasteiger charge is -2.38. The Morgan fingerprint density at radius 1 is 0.887 bits per heavy atom. The van der Waals surface area contributed by atoms with Crippen molar-refractivity contribution in [3.8, 4) is 0 Å². The second-order valence-electron chi connectivity index (χ2n) is 13.8. The van der Waals surface area contributed by atoms with Crippen LogP contribution in [0.3, 0.4) is 0 Å². The van der Waals surface area contributed by atoms with Crippen LogP contribution in [-0.2, 0) is 21.2 Å². The van der Waals surface area contributed by atoms with Crippen LogP contribution < -0.4 is 14.5 Å². The molecular weight excluding hydrogens is 697 g/mol. The van der Waals surface area contributed by atoms with Crippen LogP contribution in [0.15, 0.2) is 106 Å². The smallest absolute Gasteiger partial charge is 0.412 e. The number of anilines is 3. The van der Waals surface area contributed by atoms with Crippen molar-refractivity contribution in [2.45, 2.75) is 44.6 Å². The highest BCUT2D eigenvalue weighted by molar-refractivity contribution is 7.92. The number of para-hydroxylation sites is 2. The fourth-order valence-corrected chi connectivity index (χ4v) is 7.84. The lowest BCUT2D eigenvalue weighted by atomic mass is 10.1. The summed E-state index contributed by atoms with van der Waals surface area (Å²) in [6, 6.07) is 28.0. The standard InChI is InChI=1S/C40H42N4O8S/c1-27-32-26-31(18-19-35(32)51-36(27)38(46)47)53(49,50)44(21-20-28-10-6-5-7-11-28)34-13-9-8-12-33(34)42-22-24-43(25-23-42)37(45)29-14-16-30(17-15-29)41-39(48)52-40(2,3)4/h5-19,26H,20-25H2,1-4H3,(H,41,48)(H,46,47). The number of benzene rings is 4. The van der Waals surface area contributed by atoms with Crippen LogP contribution in [0, 0.1) is 6.92 Å². The van der Waals surface area contributed by atoms with E-state index in [1.807, 2.05) is 42.5 Å². The molecule has 0 aliphatic carbocycles. The topological polar surface area (TPSA) is 150 Å². The molecule has 1 aliphatic heterocycles. The molecule has 53 heavy (non-hydrogen) atoms. The van der Waals surface area contributed by atoms with Gasteiger partial charge in [0, 0.05) is 54.9 Å². The Kier molecular flexibility index (Phi) is 10.5. The van der Waals surface area contributed by atoms with Crippen LogP contribution in [0.5, 0.6) is 0 Å². The van der Waals surface area contributed by atoms with E-state index in [2.05, 4.69) is 10.2 Å². The van der Waals surface area contributed by atoms with Crippen molar-refractivity contribution in [2.24, 2.45) is 0 Å². The third-order valence-electron chi connectivity index (χ3n) is 8.97. The van der Waals surface area contributed by atoms with Crippen LogP contribution in [-0.4, -0.2) is 74.7 Å². The monoisotopic (exact) mass is 738 g/mol. The zero-order chi connectivity index (χ0) is 37.9. The van der Waals surface area contributed by atoms with Crippen LogP contribution in [0.4, 0.5) is 21.9 Å². The number of carboxylic acid groups (broad SMARTS) is 1. The molecule has 5 aromatic rings. The largest absolute Gasteiger partial charge is 0.475 e. The highest BCUT2D eigenvalue weighted by Crippen LogP contribution is 2.36. The first-order valence-corrected chi connectivity index (χ1v) is 18.7. The first-order valence-electron chi connectivity index (χ1n) is 17.3. The Bertz CT molecular complexity index is 2240. The van der Waals surface area contributed by atoms with Crippen molar-refractivity contribution < 1.29 is 37.1 Å². The molecule has 276 valence electrons. The number of aromatic carboxylic acids is 1. The van der Waals surface area contributed by atoms with E-state index in [1.54, 1.807) is 69.0 Å². The van der Waals surface area contributed by atoms with Crippen LogP contribution >= 0.6 is 0 Å². The van der Waals surface area contributed by atoms with Gasteiger partial charge in [0.1, 0.15) is 11.2 Å². The zero-order valence-corrected chi connectivity index (χ0v) is 30.9. The van der Waals surface area contributed by atoms with E-state index in [-0.39, 0.29) is 28.7 Å². The number of carboxylic acids is 1. The number of fused-ring (bicyclic) bond motifs is 1. The number of piperazine rings is 1. The summed E-state index contributed by atoms with van der Waals surface area (Å²) in [6.07, 6.45) is -0.137. The minimum Gasteiger partial charge on any atom is -0.475 e. The molecule has 0 unspecified atom stereocenters. The number of nitrogens with one attached hydrogen (secondary N) is 1. The molecule has 6 rings (SSSR count). The normalized spacial score (nSPS) is 13.5. The van der Waals surface area contributed by atoms with Gasteiger partial charge in [0.05, 0.1) is 16.3 Å². The minimum atomic E-state index is -4.17. The number of ether oxygens (including phenoxy) is 1. The third kappa shape index (κ3) is 8.30.